The van der Waals surface area contributed by atoms with Crippen molar-refractivity contribution in [3.05, 3.63) is 0 Å². The molecule has 2 aromatic heterocycles. The monoisotopic (exact) mass is 322 g/mol. The number of hydrogen-bond donors (Lipinski definition) is 7. The first-order chi connectivity index (χ1) is 11.1. The van der Waals surface area contributed by atoms with Crippen molar-refractivity contribution in [3.63, 3.8) is 0 Å². The highest BCUT2D eigenvalue weighted by atomic mass is 16.3. The van der Waals surface area contributed by atoms with Crippen molar-refractivity contribution in [1.29, 1.82) is 0 Å². The first kappa shape index (κ1) is 16.2. The minimum Gasteiger partial charge on any atom is -0.376 e. The number of nitrogen functional groups attached to an aromatic ring is 1. The van der Waals surface area contributed by atoms with Gasteiger partial charge in [-0.1, -0.05) is 0 Å². The summed E-state index contributed by atoms with van der Waals surface area (Å²) in [5.74, 6) is 1.62. The van der Waals surface area contributed by atoms with E-state index in [1.807, 2.05) is 0 Å². The Hall–Kier alpha value is -3.22. The Morgan fingerprint density at radius 1 is 0.739 bits per heavy atom. The number of aliphatic hydroxyl groups excluding tert-OH is 1. The van der Waals surface area contributed by atoms with E-state index in [1.54, 1.807) is 14.1 Å². The van der Waals surface area contributed by atoms with Crippen molar-refractivity contribution >= 4 is 35.7 Å². The Morgan fingerprint density at radius 3 is 1.74 bits per heavy atom. The summed E-state index contributed by atoms with van der Waals surface area (Å²) < 4.78 is 0. The van der Waals surface area contributed by atoms with E-state index < -0.39 is 0 Å². The Kier molecular flexibility index (Phi) is 5.40. The van der Waals surface area contributed by atoms with Crippen LogP contribution in [0.3, 0.4) is 0 Å². The highest BCUT2D eigenvalue weighted by Gasteiger charge is 2.06. The van der Waals surface area contributed by atoms with Gasteiger partial charge in [-0.2, -0.15) is 29.9 Å². The second kappa shape index (κ2) is 7.69. The molecule has 13 nitrogen and oxygen atoms in total. The lowest BCUT2D eigenvalue weighted by molar-refractivity contribution is 0.324. The van der Waals surface area contributed by atoms with E-state index in [2.05, 4.69) is 56.5 Å². The van der Waals surface area contributed by atoms with Crippen LogP contribution < -0.4 is 32.3 Å². The zero-order valence-electron chi connectivity index (χ0n) is 12.6. The highest BCUT2D eigenvalue weighted by Crippen LogP contribution is 2.09. The summed E-state index contributed by atoms with van der Waals surface area (Å²) in [6, 6.07) is 0. The van der Waals surface area contributed by atoms with Crippen LogP contribution in [0.25, 0.3) is 0 Å². The third-order valence-corrected chi connectivity index (χ3v) is 2.47. The molecule has 0 aliphatic rings. The highest BCUT2D eigenvalue weighted by molar-refractivity contribution is 5.43. The summed E-state index contributed by atoms with van der Waals surface area (Å²) in [5.41, 5.74) is 5.57. The lowest BCUT2D eigenvalue weighted by Crippen LogP contribution is -2.18. The van der Waals surface area contributed by atoms with Crippen molar-refractivity contribution in [2.75, 3.05) is 59.8 Å². The van der Waals surface area contributed by atoms with E-state index in [0.29, 0.717) is 23.8 Å². The van der Waals surface area contributed by atoms with Crippen molar-refractivity contribution in [1.82, 2.24) is 29.9 Å². The number of nitrogens with two attached hydrogens (primary N) is 1. The van der Waals surface area contributed by atoms with Gasteiger partial charge in [0.2, 0.25) is 35.7 Å². The normalized spacial score (nSPS) is 10.0. The van der Waals surface area contributed by atoms with Crippen LogP contribution in [0.5, 0.6) is 0 Å². The quantitative estimate of drug-likeness (QED) is 0.281. The van der Waals surface area contributed by atoms with E-state index in [4.69, 9.17) is 10.8 Å². The Labute approximate surface area is 131 Å². The zero-order chi connectivity index (χ0) is 16.7. The first-order valence-corrected chi connectivity index (χ1v) is 6.60. The molecule has 0 aromatic carbocycles. The molecule has 0 saturated carbocycles. The zero-order valence-corrected chi connectivity index (χ0v) is 12.6. The molecule has 0 aliphatic heterocycles. The van der Waals surface area contributed by atoms with Crippen molar-refractivity contribution in [3.8, 4) is 0 Å². The van der Waals surface area contributed by atoms with Crippen molar-refractivity contribution in [2.45, 2.75) is 0 Å². The summed E-state index contributed by atoms with van der Waals surface area (Å²) in [6.45, 7) is -0.0554. The van der Waals surface area contributed by atoms with E-state index in [0.717, 1.165) is 0 Å². The molecule has 0 saturated heterocycles. The molecule has 124 valence electrons. The van der Waals surface area contributed by atoms with Crippen LogP contribution in [0.1, 0.15) is 0 Å². The van der Waals surface area contributed by atoms with Gasteiger partial charge in [0, 0.05) is 14.1 Å². The summed E-state index contributed by atoms with van der Waals surface area (Å²) in [5, 5.41) is 22.9. The van der Waals surface area contributed by atoms with Gasteiger partial charge in [0.25, 0.3) is 0 Å². The molecule has 0 spiro atoms. The molecule has 2 aromatic rings. The number of aromatic nitrogens is 6. The van der Waals surface area contributed by atoms with Crippen LogP contribution in [0.2, 0.25) is 0 Å². The fourth-order valence-corrected chi connectivity index (χ4v) is 1.50. The molecule has 0 fully saturated rings. The maximum absolute atomic E-state index is 8.87. The summed E-state index contributed by atoms with van der Waals surface area (Å²) in [4.78, 5) is 24.1. The van der Waals surface area contributed by atoms with Crippen LogP contribution in [-0.2, 0) is 0 Å². The van der Waals surface area contributed by atoms with Crippen molar-refractivity contribution < 1.29 is 5.11 Å². The molecule has 23 heavy (non-hydrogen) atoms. The van der Waals surface area contributed by atoms with Gasteiger partial charge >= 0.3 is 0 Å². The predicted octanol–water partition coefficient (Wildman–Crippen LogP) is -1.43. The third-order valence-electron chi connectivity index (χ3n) is 2.47. The van der Waals surface area contributed by atoms with Crippen molar-refractivity contribution in [2.24, 2.45) is 0 Å². The first-order valence-electron chi connectivity index (χ1n) is 6.60. The molecular weight excluding hydrogens is 304 g/mol. The van der Waals surface area contributed by atoms with Gasteiger partial charge in [-0.25, -0.2) is 0 Å². The van der Waals surface area contributed by atoms with Gasteiger partial charge in [0.15, 0.2) is 0 Å². The topological polar surface area (TPSA) is 184 Å². The molecule has 2 rings (SSSR count). The molecule has 0 bridgehead atoms. The van der Waals surface area contributed by atoms with Crippen LogP contribution in [-0.4, -0.2) is 62.5 Å². The minimum atomic E-state index is -0.290. The fourth-order valence-electron chi connectivity index (χ4n) is 1.50. The number of hydrogen-bond acceptors (Lipinski definition) is 13. The van der Waals surface area contributed by atoms with E-state index in [9.17, 15) is 0 Å². The van der Waals surface area contributed by atoms with E-state index in [-0.39, 0.29) is 25.3 Å². The Morgan fingerprint density at radius 2 is 1.17 bits per heavy atom. The smallest absolute Gasteiger partial charge is 0.231 e. The molecular formula is C10H18N12O. The summed E-state index contributed by atoms with van der Waals surface area (Å²) >= 11 is 0. The lowest BCUT2D eigenvalue weighted by atomic mass is 10.7. The maximum atomic E-state index is 8.87. The largest absolute Gasteiger partial charge is 0.376 e. The predicted molar refractivity (Wildman–Crippen MR) is 86.0 cm³/mol. The number of anilines is 6. The van der Waals surface area contributed by atoms with Crippen LogP contribution >= 0.6 is 0 Å². The maximum Gasteiger partial charge on any atom is 0.231 e. The second-order valence-corrected chi connectivity index (χ2v) is 4.01. The lowest BCUT2D eigenvalue weighted by Gasteiger charge is -2.10. The van der Waals surface area contributed by atoms with Gasteiger partial charge in [-0.05, 0) is 0 Å². The number of nitrogens with zero attached hydrogens (tertiary/aromatic N) is 6. The van der Waals surface area contributed by atoms with Crippen LogP contribution in [0, 0.1) is 0 Å². The summed E-state index contributed by atoms with van der Waals surface area (Å²) in [6.07, 6.45) is 0. The van der Waals surface area contributed by atoms with Gasteiger partial charge in [-0.15, -0.1) is 0 Å². The van der Waals surface area contributed by atoms with Crippen LogP contribution in [0.4, 0.5) is 35.7 Å². The van der Waals surface area contributed by atoms with Crippen LogP contribution in [0.15, 0.2) is 0 Å². The molecule has 0 amide bonds. The number of rotatable bonds is 8. The SMILES string of the molecule is CNc1nc(N)nc(NCNc2nc(NC)nc(NCO)n2)n1. The van der Waals surface area contributed by atoms with Gasteiger partial charge in [-0.3, -0.25) is 0 Å². The van der Waals surface area contributed by atoms with Gasteiger partial charge in [0.1, 0.15) is 6.73 Å². The third kappa shape index (κ3) is 4.63. The average Bonchev–Trinajstić information content (AvgIpc) is 2.54. The van der Waals surface area contributed by atoms with Gasteiger partial charge < -0.3 is 37.4 Å². The van der Waals surface area contributed by atoms with Gasteiger partial charge in [0.05, 0.1) is 6.67 Å². The molecule has 0 unspecified atom stereocenters. The molecule has 2 heterocycles. The standard InChI is InChI=1S/C10H18N12O/c1-12-6-17-5(11)18-8(19-6)14-3-15-9-20-7(13-2)21-10(22-9)16-4-23/h23H,3-4H2,1-2H3,(H4,11,12,14,17,18,19)(H3,13,15,16,20,21,22). The molecule has 13 heteroatoms. The minimum absolute atomic E-state index is 0.0962. The number of aliphatic hydroxyl groups is 1. The molecule has 0 atom stereocenters. The number of nitrogens with one attached hydrogen (secondary N) is 5. The fraction of sp³-hybridized carbons (Fsp3) is 0.400. The Bertz CT molecular complexity index is 650. The Balaban J connectivity index is 2.00. The molecule has 0 radical (unpaired) electrons. The second-order valence-electron chi connectivity index (χ2n) is 4.01. The van der Waals surface area contributed by atoms with E-state index >= 15 is 0 Å². The molecule has 8 N–H and O–H groups in total. The average molecular weight is 322 g/mol. The molecule has 0 aliphatic carbocycles. The summed E-state index contributed by atoms with van der Waals surface area (Å²) in [7, 11) is 3.35. The van der Waals surface area contributed by atoms with E-state index in [1.165, 1.54) is 0 Å².